The standard InChI is InChI=1S/C14H16ClN3O2/c1-10(19)7-17-9-12(6-16)14(20)18-8-11-2-4-13(15)5-3-11/h2-5,9-10,17,19H,7-8H2,1H3,(H,18,20)/b12-9-. The van der Waals surface area contributed by atoms with Crippen molar-refractivity contribution in [2.24, 2.45) is 0 Å². The van der Waals surface area contributed by atoms with Crippen LogP contribution in [0, 0.1) is 11.3 Å². The molecule has 6 heteroatoms. The van der Waals surface area contributed by atoms with Gasteiger partial charge in [-0.25, -0.2) is 0 Å². The highest BCUT2D eigenvalue weighted by atomic mass is 35.5. The average Bonchev–Trinajstić information content (AvgIpc) is 2.42. The summed E-state index contributed by atoms with van der Waals surface area (Å²) in [6.07, 6.45) is 0.743. The van der Waals surface area contributed by atoms with Crippen molar-refractivity contribution in [1.29, 1.82) is 5.26 Å². The number of carbonyl (C=O) groups is 1. The van der Waals surface area contributed by atoms with Crippen molar-refractivity contribution in [2.45, 2.75) is 19.6 Å². The Balaban J connectivity index is 2.51. The van der Waals surface area contributed by atoms with Gasteiger partial charge in [-0.2, -0.15) is 5.26 Å². The molecule has 0 bridgehead atoms. The number of amides is 1. The summed E-state index contributed by atoms with van der Waals surface area (Å²) in [5.74, 6) is -0.472. The first-order chi connectivity index (χ1) is 9.52. The molecule has 0 spiro atoms. The molecule has 0 saturated heterocycles. The largest absolute Gasteiger partial charge is 0.392 e. The Morgan fingerprint density at radius 2 is 2.15 bits per heavy atom. The second kappa shape index (κ2) is 8.20. The van der Waals surface area contributed by atoms with Crippen LogP contribution < -0.4 is 10.6 Å². The van der Waals surface area contributed by atoms with Crippen molar-refractivity contribution in [3.8, 4) is 6.07 Å². The molecule has 0 aromatic heterocycles. The van der Waals surface area contributed by atoms with Gasteiger partial charge >= 0.3 is 0 Å². The molecule has 1 atom stereocenters. The van der Waals surface area contributed by atoms with Gasteiger partial charge in [-0.05, 0) is 24.6 Å². The van der Waals surface area contributed by atoms with Crippen LogP contribution in [0.5, 0.6) is 0 Å². The summed E-state index contributed by atoms with van der Waals surface area (Å²) in [6.45, 7) is 2.19. The number of hydrogen-bond acceptors (Lipinski definition) is 4. The lowest BCUT2D eigenvalue weighted by molar-refractivity contribution is -0.117. The first-order valence-electron chi connectivity index (χ1n) is 6.07. The van der Waals surface area contributed by atoms with E-state index in [-0.39, 0.29) is 12.1 Å². The van der Waals surface area contributed by atoms with E-state index >= 15 is 0 Å². The molecule has 0 radical (unpaired) electrons. The Labute approximate surface area is 122 Å². The molecule has 0 aliphatic rings. The summed E-state index contributed by atoms with van der Waals surface area (Å²) in [6, 6.07) is 8.86. The van der Waals surface area contributed by atoms with E-state index in [1.807, 2.05) is 0 Å². The van der Waals surface area contributed by atoms with Crippen LogP contribution >= 0.6 is 11.6 Å². The van der Waals surface area contributed by atoms with Crippen LogP contribution in [0.2, 0.25) is 5.02 Å². The Kier molecular flexibility index (Phi) is 6.57. The summed E-state index contributed by atoms with van der Waals surface area (Å²) in [4.78, 5) is 11.8. The predicted octanol–water partition coefficient (Wildman–Crippen LogP) is 1.33. The number of nitriles is 1. The van der Waals surface area contributed by atoms with Crippen molar-refractivity contribution in [2.75, 3.05) is 6.54 Å². The third-order valence-electron chi connectivity index (χ3n) is 2.39. The second-order valence-corrected chi connectivity index (χ2v) is 4.67. The van der Waals surface area contributed by atoms with E-state index in [9.17, 15) is 4.79 Å². The van der Waals surface area contributed by atoms with Gasteiger partial charge in [0.05, 0.1) is 6.10 Å². The topological polar surface area (TPSA) is 85.2 Å². The molecule has 0 heterocycles. The molecule has 3 N–H and O–H groups in total. The summed E-state index contributed by atoms with van der Waals surface area (Å²) < 4.78 is 0. The number of hydrogen-bond donors (Lipinski definition) is 3. The maximum atomic E-state index is 11.8. The van der Waals surface area contributed by atoms with Crippen LogP contribution in [-0.2, 0) is 11.3 Å². The minimum atomic E-state index is -0.552. The zero-order valence-electron chi connectivity index (χ0n) is 11.1. The second-order valence-electron chi connectivity index (χ2n) is 4.24. The minimum Gasteiger partial charge on any atom is -0.392 e. The number of nitrogens with one attached hydrogen (secondary N) is 2. The molecular formula is C14H16ClN3O2. The van der Waals surface area contributed by atoms with Gasteiger partial charge in [-0.15, -0.1) is 0 Å². The molecule has 1 aromatic rings. The number of aliphatic hydroxyl groups excluding tert-OH is 1. The monoisotopic (exact) mass is 293 g/mol. The zero-order valence-corrected chi connectivity index (χ0v) is 11.8. The average molecular weight is 294 g/mol. The van der Waals surface area contributed by atoms with Crippen molar-refractivity contribution >= 4 is 17.5 Å². The van der Waals surface area contributed by atoms with Crippen LogP contribution in [0.4, 0.5) is 0 Å². The lowest BCUT2D eigenvalue weighted by Gasteiger charge is -2.06. The van der Waals surface area contributed by atoms with E-state index in [1.54, 1.807) is 37.3 Å². The SMILES string of the molecule is CC(O)CN/C=C(/C#N)C(=O)NCc1ccc(Cl)cc1. The molecule has 0 aliphatic carbocycles. The van der Waals surface area contributed by atoms with Gasteiger partial charge < -0.3 is 15.7 Å². The molecular weight excluding hydrogens is 278 g/mol. The lowest BCUT2D eigenvalue weighted by Crippen LogP contribution is -2.26. The maximum absolute atomic E-state index is 11.8. The van der Waals surface area contributed by atoms with Gasteiger partial charge in [0, 0.05) is 24.3 Å². The highest BCUT2D eigenvalue weighted by Crippen LogP contribution is 2.09. The molecule has 20 heavy (non-hydrogen) atoms. The van der Waals surface area contributed by atoms with Gasteiger partial charge in [0.25, 0.3) is 5.91 Å². The van der Waals surface area contributed by atoms with E-state index < -0.39 is 12.0 Å². The molecule has 1 amide bonds. The zero-order chi connectivity index (χ0) is 15.0. The molecule has 0 saturated carbocycles. The first kappa shape index (κ1) is 16.0. The van der Waals surface area contributed by atoms with Gasteiger partial charge in [0.2, 0.25) is 0 Å². The maximum Gasteiger partial charge on any atom is 0.263 e. The molecule has 1 aromatic carbocycles. The van der Waals surface area contributed by atoms with E-state index in [0.29, 0.717) is 11.6 Å². The van der Waals surface area contributed by atoms with Crippen molar-refractivity contribution < 1.29 is 9.90 Å². The fourth-order valence-electron chi connectivity index (χ4n) is 1.36. The molecule has 1 unspecified atom stereocenters. The molecule has 5 nitrogen and oxygen atoms in total. The number of rotatable bonds is 6. The van der Waals surface area contributed by atoms with E-state index in [0.717, 1.165) is 5.56 Å². The third kappa shape index (κ3) is 5.74. The van der Waals surface area contributed by atoms with Crippen LogP contribution in [0.15, 0.2) is 36.0 Å². The number of nitrogens with zero attached hydrogens (tertiary/aromatic N) is 1. The number of carbonyl (C=O) groups excluding carboxylic acids is 1. The Hall–Kier alpha value is -2.03. The quantitative estimate of drug-likeness (QED) is 0.546. The summed E-state index contributed by atoms with van der Waals surface area (Å²) in [5, 5.41) is 23.9. The smallest absolute Gasteiger partial charge is 0.263 e. The fourth-order valence-corrected chi connectivity index (χ4v) is 1.49. The summed E-state index contributed by atoms with van der Waals surface area (Å²) >= 11 is 5.76. The Morgan fingerprint density at radius 1 is 1.50 bits per heavy atom. The van der Waals surface area contributed by atoms with Crippen LogP contribution in [0.25, 0.3) is 0 Å². The van der Waals surface area contributed by atoms with Gasteiger partial charge in [-0.1, -0.05) is 23.7 Å². The fraction of sp³-hybridized carbons (Fsp3) is 0.286. The first-order valence-corrected chi connectivity index (χ1v) is 6.45. The van der Waals surface area contributed by atoms with E-state index in [2.05, 4.69) is 10.6 Å². The van der Waals surface area contributed by atoms with Gasteiger partial charge in [0.1, 0.15) is 11.6 Å². The summed E-state index contributed by atoms with van der Waals surface area (Å²) in [5.41, 5.74) is 0.844. The van der Waals surface area contributed by atoms with E-state index in [1.165, 1.54) is 6.20 Å². The number of aliphatic hydroxyl groups is 1. The molecule has 0 fully saturated rings. The molecule has 1 rings (SSSR count). The summed E-state index contributed by atoms with van der Waals surface area (Å²) in [7, 11) is 0. The van der Waals surface area contributed by atoms with Crippen molar-refractivity contribution in [1.82, 2.24) is 10.6 Å². The predicted molar refractivity (Wildman–Crippen MR) is 76.7 cm³/mol. The van der Waals surface area contributed by atoms with Crippen molar-refractivity contribution in [3.63, 3.8) is 0 Å². The van der Waals surface area contributed by atoms with Gasteiger partial charge in [-0.3, -0.25) is 4.79 Å². The Bertz CT molecular complexity index is 518. The minimum absolute atomic E-state index is 0.0420. The number of benzene rings is 1. The normalized spacial score (nSPS) is 12.4. The van der Waals surface area contributed by atoms with Crippen LogP contribution in [0.1, 0.15) is 12.5 Å². The highest BCUT2D eigenvalue weighted by molar-refractivity contribution is 6.30. The van der Waals surface area contributed by atoms with E-state index in [4.69, 9.17) is 22.0 Å². The van der Waals surface area contributed by atoms with Crippen molar-refractivity contribution in [3.05, 3.63) is 46.6 Å². The van der Waals surface area contributed by atoms with Crippen LogP contribution in [0.3, 0.4) is 0 Å². The van der Waals surface area contributed by atoms with Gasteiger partial charge in [0.15, 0.2) is 0 Å². The van der Waals surface area contributed by atoms with Crippen LogP contribution in [-0.4, -0.2) is 23.7 Å². The molecule has 106 valence electrons. The Morgan fingerprint density at radius 3 is 2.70 bits per heavy atom. The lowest BCUT2D eigenvalue weighted by atomic mass is 10.2. The number of halogens is 1. The molecule has 0 aliphatic heterocycles. The highest BCUT2D eigenvalue weighted by Gasteiger charge is 2.08. The third-order valence-corrected chi connectivity index (χ3v) is 2.64.